The van der Waals surface area contributed by atoms with Gasteiger partial charge in [0.25, 0.3) is 0 Å². The lowest BCUT2D eigenvalue weighted by atomic mass is 10.3. The normalized spacial score (nSPS) is 14.1. The number of hydrogen-bond acceptors (Lipinski definition) is 4. The molecule has 1 aliphatic heterocycles. The summed E-state index contributed by atoms with van der Waals surface area (Å²) in [6.45, 7) is 1.02. The second kappa shape index (κ2) is 3.23. The standard InChI is InChI=1S/C8H8ClN3O3/c1-11-2-3-12-6(11)4(7(13)14)5(9)10-8(12)15/h2-3H2,1H3,(H,13,14). The van der Waals surface area contributed by atoms with E-state index in [4.69, 9.17) is 16.7 Å². The van der Waals surface area contributed by atoms with Gasteiger partial charge in [0.15, 0.2) is 5.15 Å². The lowest BCUT2D eigenvalue weighted by molar-refractivity contribution is 0.0696. The Bertz CT molecular complexity index is 497. The molecule has 80 valence electrons. The van der Waals surface area contributed by atoms with Crippen molar-refractivity contribution < 1.29 is 9.90 Å². The van der Waals surface area contributed by atoms with Crippen molar-refractivity contribution in [2.24, 2.45) is 0 Å². The molecule has 7 heteroatoms. The van der Waals surface area contributed by atoms with Crippen molar-refractivity contribution in [1.82, 2.24) is 9.55 Å². The molecule has 0 saturated heterocycles. The monoisotopic (exact) mass is 229 g/mol. The maximum atomic E-state index is 11.4. The van der Waals surface area contributed by atoms with Gasteiger partial charge in [0.05, 0.1) is 0 Å². The Morgan fingerprint density at radius 1 is 1.53 bits per heavy atom. The summed E-state index contributed by atoms with van der Waals surface area (Å²) in [5.41, 5.74) is -0.624. The van der Waals surface area contributed by atoms with E-state index in [-0.39, 0.29) is 10.7 Å². The third-order valence-corrected chi connectivity index (χ3v) is 2.62. The molecule has 15 heavy (non-hydrogen) atoms. The molecule has 0 aliphatic carbocycles. The summed E-state index contributed by atoms with van der Waals surface area (Å²) in [7, 11) is 1.71. The summed E-state index contributed by atoms with van der Waals surface area (Å²) in [6.07, 6.45) is 0. The Balaban J connectivity index is 2.81. The topological polar surface area (TPSA) is 75.4 Å². The maximum absolute atomic E-state index is 11.4. The lowest BCUT2D eigenvalue weighted by Gasteiger charge is -2.13. The van der Waals surface area contributed by atoms with Crippen LogP contribution in [0.2, 0.25) is 5.15 Å². The third kappa shape index (κ3) is 1.37. The fraction of sp³-hybridized carbons (Fsp3) is 0.375. The highest BCUT2D eigenvalue weighted by molar-refractivity contribution is 6.32. The van der Waals surface area contributed by atoms with E-state index in [1.165, 1.54) is 4.57 Å². The number of carboxylic acid groups (broad SMARTS) is 1. The number of aromatic carboxylic acids is 1. The molecular weight excluding hydrogens is 222 g/mol. The van der Waals surface area contributed by atoms with E-state index in [0.29, 0.717) is 18.9 Å². The number of hydrogen-bond donors (Lipinski definition) is 1. The minimum absolute atomic E-state index is 0.115. The van der Waals surface area contributed by atoms with Gasteiger partial charge in [-0.15, -0.1) is 0 Å². The van der Waals surface area contributed by atoms with E-state index in [2.05, 4.69) is 4.98 Å². The average molecular weight is 230 g/mol. The fourth-order valence-electron chi connectivity index (χ4n) is 1.66. The van der Waals surface area contributed by atoms with Gasteiger partial charge in [0, 0.05) is 20.1 Å². The predicted molar refractivity (Wildman–Crippen MR) is 53.7 cm³/mol. The number of carbonyl (C=O) groups is 1. The first-order valence-electron chi connectivity index (χ1n) is 4.27. The highest BCUT2D eigenvalue weighted by Crippen LogP contribution is 2.26. The van der Waals surface area contributed by atoms with E-state index >= 15 is 0 Å². The quantitative estimate of drug-likeness (QED) is 0.689. The minimum Gasteiger partial charge on any atom is -0.477 e. The SMILES string of the molecule is CN1CCn2c1c(C(=O)O)c(Cl)nc2=O. The van der Waals surface area contributed by atoms with Crippen LogP contribution >= 0.6 is 11.6 Å². The Morgan fingerprint density at radius 2 is 2.20 bits per heavy atom. The molecule has 0 amide bonds. The summed E-state index contributed by atoms with van der Waals surface area (Å²) >= 11 is 5.64. The van der Waals surface area contributed by atoms with Crippen LogP contribution in [0.4, 0.5) is 5.82 Å². The smallest absolute Gasteiger partial charge is 0.350 e. The summed E-state index contributed by atoms with van der Waals surface area (Å²) < 4.78 is 1.31. The van der Waals surface area contributed by atoms with Crippen LogP contribution in [0, 0.1) is 0 Å². The summed E-state index contributed by atoms with van der Waals surface area (Å²) in [6, 6.07) is 0. The molecule has 1 N–H and O–H groups in total. The molecule has 1 aliphatic rings. The fourth-order valence-corrected chi connectivity index (χ4v) is 1.89. The number of halogens is 1. The number of carboxylic acids is 1. The lowest BCUT2D eigenvalue weighted by Crippen LogP contribution is -2.25. The molecule has 0 unspecified atom stereocenters. The Morgan fingerprint density at radius 3 is 2.80 bits per heavy atom. The zero-order chi connectivity index (χ0) is 11.2. The van der Waals surface area contributed by atoms with Gasteiger partial charge < -0.3 is 10.0 Å². The highest BCUT2D eigenvalue weighted by Gasteiger charge is 2.27. The van der Waals surface area contributed by atoms with Gasteiger partial charge in [0.2, 0.25) is 0 Å². The number of rotatable bonds is 1. The second-order valence-corrected chi connectivity index (χ2v) is 3.62. The molecule has 0 saturated carbocycles. The Kier molecular flexibility index (Phi) is 2.15. The van der Waals surface area contributed by atoms with Crippen LogP contribution in [0.15, 0.2) is 4.79 Å². The molecule has 0 radical (unpaired) electrons. The van der Waals surface area contributed by atoms with Crippen LogP contribution < -0.4 is 10.6 Å². The molecule has 0 spiro atoms. The number of likely N-dealkylation sites (N-methyl/N-ethyl adjacent to an activating group) is 1. The summed E-state index contributed by atoms with van der Waals surface area (Å²) in [5, 5.41) is 8.72. The molecule has 0 atom stereocenters. The van der Waals surface area contributed by atoms with Crippen molar-refractivity contribution >= 4 is 23.4 Å². The van der Waals surface area contributed by atoms with Crippen LogP contribution in [0.25, 0.3) is 0 Å². The van der Waals surface area contributed by atoms with Gasteiger partial charge in [-0.05, 0) is 0 Å². The van der Waals surface area contributed by atoms with Crippen molar-refractivity contribution in [3.63, 3.8) is 0 Å². The number of nitrogens with zero attached hydrogens (tertiary/aromatic N) is 3. The first-order chi connectivity index (χ1) is 7.02. The molecule has 1 aromatic rings. The highest BCUT2D eigenvalue weighted by atomic mass is 35.5. The van der Waals surface area contributed by atoms with Gasteiger partial charge >= 0.3 is 11.7 Å². The van der Waals surface area contributed by atoms with Crippen LogP contribution in [0.3, 0.4) is 0 Å². The van der Waals surface area contributed by atoms with Crippen molar-refractivity contribution in [2.45, 2.75) is 6.54 Å². The first-order valence-corrected chi connectivity index (χ1v) is 4.65. The summed E-state index contributed by atoms with van der Waals surface area (Å²) in [4.78, 5) is 27.5. The Labute approximate surface area is 89.7 Å². The van der Waals surface area contributed by atoms with Gasteiger partial charge in [-0.2, -0.15) is 4.98 Å². The largest absolute Gasteiger partial charge is 0.477 e. The molecule has 2 rings (SSSR count). The van der Waals surface area contributed by atoms with Gasteiger partial charge in [-0.3, -0.25) is 4.57 Å². The van der Waals surface area contributed by atoms with Gasteiger partial charge in [-0.1, -0.05) is 11.6 Å². The van der Waals surface area contributed by atoms with Crippen LogP contribution in [-0.4, -0.2) is 34.2 Å². The average Bonchev–Trinajstić information content (AvgIpc) is 2.48. The molecule has 0 aromatic carbocycles. The van der Waals surface area contributed by atoms with Gasteiger partial charge in [0.1, 0.15) is 11.4 Å². The minimum atomic E-state index is -1.18. The molecule has 6 nitrogen and oxygen atoms in total. The maximum Gasteiger partial charge on any atom is 0.350 e. The van der Waals surface area contributed by atoms with Gasteiger partial charge in [-0.25, -0.2) is 9.59 Å². The predicted octanol–water partition coefficient (Wildman–Crippen LogP) is 0.0447. The van der Waals surface area contributed by atoms with E-state index < -0.39 is 11.7 Å². The van der Waals surface area contributed by atoms with Crippen molar-refractivity contribution in [1.29, 1.82) is 0 Å². The number of fused-ring (bicyclic) bond motifs is 1. The zero-order valence-electron chi connectivity index (χ0n) is 7.90. The second-order valence-electron chi connectivity index (χ2n) is 3.26. The first kappa shape index (κ1) is 9.97. The van der Waals surface area contributed by atoms with Crippen molar-refractivity contribution in [3.8, 4) is 0 Å². The van der Waals surface area contributed by atoms with E-state index in [9.17, 15) is 9.59 Å². The van der Waals surface area contributed by atoms with E-state index in [1.807, 2.05) is 0 Å². The Hall–Kier alpha value is -1.56. The van der Waals surface area contributed by atoms with Crippen molar-refractivity contribution in [2.75, 3.05) is 18.5 Å². The van der Waals surface area contributed by atoms with Crippen LogP contribution in [0.5, 0.6) is 0 Å². The molecule has 1 aromatic heterocycles. The molecular formula is C8H8ClN3O3. The van der Waals surface area contributed by atoms with E-state index in [0.717, 1.165) is 0 Å². The van der Waals surface area contributed by atoms with E-state index in [1.54, 1.807) is 11.9 Å². The molecule has 2 heterocycles. The van der Waals surface area contributed by atoms with Crippen molar-refractivity contribution in [3.05, 3.63) is 21.2 Å². The van der Waals surface area contributed by atoms with Crippen LogP contribution in [-0.2, 0) is 6.54 Å². The number of anilines is 1. The van der Waals surface area contributed by atoms with Crippen LogP contribution in [0.1, 0.15) is 10.4 Å². The zero-order valence-corrected chi connectivity index (χ0v) is 8.65. The third-order valence-electron chi connectivity index (χ3n) is 2.34. The number of aromatic nitrogens is 2. The molecule has 0 fully saturated rings. The summed E-state index contributed by atoms with van der Waals surface area (Å²) in [5.74, 6) is -0.850. The molecule has 0 bridgehead atoms.